The molecule has 0 aliphatic carbocycles. The third-order valence-corrected chi connectivity index (χ3v) is 2.36. The summed E-state index contributed by atoms with van der Waals surface area (Å²) in [5.74, 6) is -0.846. The summed E-state index contributed by atoms with van der Waals surface area (Å²) in [5, 5.41) is -0.589. The number of pyridine rings is 1. The molecular weight excluding hydrogens is 263 g/mol. The van der Waals surface area contributed by atoms with E-state index in [1.165, 1.54) is 0 Å². The Kier molecular flexibility index (Phi) is 4.44. The first-order chi connectivity index (χ1) is 7.49. The fourth-order valence-electron chi connectivity index (χ4n) is 1.02. The molecule has 88 valence electrons. The standard InChI is InChI=1S/C9H7Cl2F2NO2/c1-2-16-9(15)5-4(10)3-14-7(6(5)11)8(12)13/h3,8H,2H2,1H3. The molecule has 0 aliphatic rings. The van der Waals surface area contributed by atoms with Gasteiger partial charge >= 0.3 is 5.97 Å². The Morgan fingerprint density at radius 2 is 2.19 bits per heavy atom. The Labute approximate surface area is 100 Å². The number of esters is 1. The van der Waals surface area contributed by atoms with Gasteiger partial charge in [0.1, 0.15) is 11.3 Å². The molecule has 0 N–H and O–H groups in total. The van der Waals surface area contributed by atoms with Crippen molar-refractivity contribution in [3.63, 3.8) is 0 Å². The van der Waals surface area contributed by atoms with Gasteiger partial charge in [0, 0.05) is 6.20 Å². The van der Waals surface area contributed by atoms with E-state index >= 15 is 0 Å². The number of ether oxygens (including phenoxy) is 1. The van der Waals surface area contributed by atoms with Crippen molar-refractivity contribution in [1.82, 2.24) is 4.98 Å². The second kappa shape index (κ2) is 5.41. The van der Waals surface area contributed by atoms with Crippen LogP contribution in [0.2, 0.25) is 10.0 Å². The van der Waals surface area contributed by atoms with E-state index in [-0.39, 0.29) is 17.2 Å². The summed E-state index contributed by atoms with van der Waals surface area (Å²) in [7, 11) is 0. The normalized spacial score (nSPS) is 10.6. The van der Waals surface area contributed by atoms with Gasteiger partial charge in [0.15, 0.2) is 0 Å². The minimum atomic E-state index is -2.88. The van der Waals surface area contributed by atoms with Crippen LogP contribution in [0.4, 0.5) is 8.78 Å². The van der Waals surface area contributed by atoms with Gasteiger partial charge in [-0.3, -0.25) is 4.98 Å². The molecule has 0 radical (unpaired) electrons. The van der Waals surface area contributed by atoms with Crippen LogP contribution in [-0.4, -0.2) is 17.6 Å². The number of carbonyl (C=O) groups is 1. The van der Waals surface area contributed by atoms with Crippen molar-refractivity contribution in [2.75, 3.05) is 6.61 Å². The summed E-state index contributed by atoms with van der Waals surface area (Å²) < 4.78 is 29.5. The van der Waals surface area contributed by atoms with Gasteiger partial charge in [0.05, 0.1) is 16.7 Å². The molecule has 0 unspecified atom stereocenters. The highest BCUT2D eigenvalue weighted by atomic mass is 35.5. The van der Waals surface area contributed by atoms with Gasteiger partial charge in [-0.15, -0.1) is 0 Å². The third kappa shape index (κ3) is 2.59. The van der Waals surface area contributed by atoms with E-state index in [0.29, 0.717) is 0 Å². The lowest BCUT2D eigenvalue weighted by Gasteiger charge is -2.09. The van der Waals surface area contributed by atoms with E-state index in [9.17, 15) is 13.6 Å². The zero-order valence-electron chi connectivity index (χ0n) is 8.14. The molecule has 0 aromatic carbocycles. The highest BCUT2D eigenvalue weighted by molar-refractivity contribution is 6.39. The monoisotopic (exact) mass is 269 g/mol. The minimum absolute atomic E-state index is 0.0951. The maximum absolute atomic E-state index is 12.4. The van der Waals surface area contributed by atoms with Crippen LogP contribution in [0, 0.1) is 0 Å². The molecule has 7 heteroatoms. The van der Waals surface area contributed by atoms with Gasteiger partial charge in [-0.25, -0.2) is 13.6 Å². The molecule has 0 bridgehead atoms. The van der Waals surface area contributed by atoms with E-state index in [1.807, 2.05) is 0 Å². The number of rotatable bonds is 3. The van der Waals surface area contributed by atoms with Gasteiger partial charge in [-0.05, 0) is 6.92 Å². The fourth-order valence-corrected chi connectivity index (χ4v) is 1.60. The summed E-state index contributed by atoms with van der Waals surface area (Å²) in [6.45, 7) is 1.67. The lowest BCUT2D eigenvalue weighted by Crippen LogP contribution is -2.08. The van der Waals surface area contributed by atoms with Crippen LogP contribution < -0.4 is 0 Å². The molecule has 0 saturated carbocycles. The molecule has 3 nitrogen and oxygen atoms in total. The first-order valence-electron chi connectivity index (χ1n) is 4.28. The molecular formula is C9H7Cl2F2NO2. The summed E-state index contributed by atoms with van der Waals surface area (Å²) >= 11 is 11.3. The van der Waals surface area contributed by atoms with E-state index < -0.39 is 23.1 Å². The van der Waals surface area contributed by atoms with Gasteiger partial charge in [-0.2, -0.15) is 0 Å². The van der Waals surface area contributed by atoms with Gasteiger partial charge < -0.3 is 4.74 Å². The van der Waals surface area contributed by atoms with Crippen LogP contribution in [0.15, 0.2) is 6.20 Å². The average molecular weight is 270 g/mol. The van der Waals surface area contributed by atoms with Crippen LogP contribution in [0.1, 0.15) is 29.4 Å². The summed E-state index contributed by atoms with van der Waals surface area (Å²) in [6, 6.07) is 0. The predicted molar refractivity (Wildman–Crippen MR) is 55.2 cm³/mol. The van der Waals surface area contributed by atoms with Crippen molar-refractivity contribution in [3.05, 3.63) is 27.5 Å². The third-order valence-electron chi connectivity index (χ3n) is 1.69. The van der Waals surface area contributed by atoms with Crippen molar-refractivity contribution in [1.29, 1.82) is 0 Å². The van der Waals surface area contributed by atoms with Crippen LogP contribution in [-0.2, 0) is 4.74 Å². The largest absolute Gasteiger partial charge is 0.462 e. The zero-order valence-corrected chi connectivity index (χ0v) is 9.65. The second-order valence-electron chi connectivity index (χ2n) is 2.70. The Morgan fingerprint density at radius 1 is 1.56 bits per heavy atom. The molecule has 16 heavy (non-hydrogen) atoms. The first-order valence-corrected chi connectivity index (χ1v) is 5.03. The van der Waals surface area contributed by atoms with Gasteiger partial charge in [-0.1, -0.05) is 23.2 Å². The van der Waals surface area contributed by atoms with E-state index in [0.717, 1.165) is 6.20 Å². The SMILES string of the molecule is CCOC(=O)c1c(Cl)cnc(C(F)F)c1Cl. The Hall–Kier alpha value is -0.940. The van der Waals surface area contributed by atoms with Crippen molar-refractivity contribution in [2.24, 2.45) is 0 Å². The molecule has 0 spiro atoms. The molecule has 0 aliphatic heterocycles. The maximum atomic E-state index is 12.4. The highest BCUT2D eigenvalue weighted by Gasteiger charge is 2.24. The second-order valence-corrected chi connectivity index (χ2v) is 3.49. The van der Waals surface area contributed by atoms with Crippen LogP contribution in [0.25, 0.3) is 0 Å². The van der Waals surface area contributed by atoms with Crippen molar-refractivity contribution in [2.45, 2.75) is 13.3 Å². The molecule has 0 amide bonds. The lowest BCUT2D eigenvalue weighted by molar-refractivity contribution is 0.0526. The highest BCUT2D eigenvalue weighted by Crippen LogP contribution is 2.32. The number of aromatic nitrogens is 1. The van der Waals surface area contributed by atoms with Crippen molar-refractivity contribution >= 4 is 29.2 Å². The number of hydrogen-bond donors (Lipinski definition) is 0. The van der Waals surface area contributed by atoms with E-state index in [2.05, 4.69) is 9.72 Å². The topological polar surface area (TPSA) is 39.2 Å². The zero-order chi connectivity index (χ0) is 12.3. The summed E-state index contributed by atoms with van der Waals surface area (Å²) in [4.78, 5) is 14.8. The molecule has 0 fully saturated rings. The van der Waals surface area contributed by atoms with E-state index in [1.54, 1.807) is 6.92 Å². The van der Waals surface area contributed by atoms with Crippen LogP contribution in [0.5, 0.6) is 0 Å². The molecule has 1 rings (SSSR count). The van der Waals surface area contributed by atoms with Gasteiger partial charge in [0.2, 0.25) is 0 Å². The molecule has 0 saturated heterocycles. The molecule has 1 heterocycles. The van der Waals surface area contributed by atoms with Crippen LogP contribution in [0.3, 0.4) is 0 Å². The number of halogens is 4. The molecule has 1 aromatic rings. The van der Waals surface area contributed by atoms with Crippen molar-refractivity contribution in [3.8, 4) is 0 Å². The number of alkyl halides is 2. The number of hydrogen-bond acceptors (Lipinski definition) is 3. The lowest BCUT2D eigenvalue weighted by atomic mass is 10.2. The van der Waals surface area contributed by atoms with Crippen molar-refractivity contribution < 1.29 is 18.3 Å². The minimum Gasteiger partial charge on any atom is -0.462 e. The van der Waals surface area contributed by atoms with Gasteiger partial charge in [0.25, 0.3) is 6.43 Å². The summed E-state index contributed by atoms with van der Waals surface area (Å²) in [5.41, 5.74) is -0.968. The maximum Gasteiger partial charge on any atom is 0.341 e. The number of carbonyl (C=O) groups excluding carboxylic acids is 1. The fraction of sp³-hybridized carbons (Fsp3) is 0.333. The smallest absolute Gasteiger partial charge is 0.341 e. The Balaban J connectivity index is 3.26. The predicted octanol–water partition coefficient (Wildman–Crippen LogP) is 3.50. The average Bonchev–Trinajstić information content (AvgIpc) is 2.17. The molecule has 1 aromatic heterocycles. The molecule has 0 atom stereocenters. The quantitative estimate of drug-likeness (QED) is 0.789. The first kappa shape index (κ1) is 13.1. The van der Waals surface area contributed by atoms with Crippen LogP contribution >= 0.6 is 23.2 Å². The van der Waals surface area contributed by atoms with E-state index in [4.69, 9.17) is 23.2 Å². The Bertz CT molecular complexity index is 413. The summed E-state index contributed by atoms with van der Waals surface area (Å²) in [6.07, 6.45) is -1.93. The Morgan fingerprint density at radius 3 is 2.69 bits per heavy atom. The number of nitrogens with zero attached hydrogens (tertiary/aromatic N) is 1.